The first kappa shape index (κ1) is 31.9. The van der Waals surface area contributed by atoms with Crippen LogP contribution in [0.5, 0.6) is 0 Å². The van der Waals surface area contributed by atoms with Crippen LogP contribution in [0.2, 0.25) is 0 Å². The first-order valence-electron chi connectivity index (χ1n) is 19.8. The highest BCUT2D eigenvalue weighted by atomic mass is 15.1. The molecule has 1 spiro atoms. The highest BCUT2D eigenvalue weighted by Gasteiger charge is 2.51. The quantitative estimate of drug-likeness (QED) is 0.172. The van der Waals surface area contributed by atoms with Crippen molar-refractivity contribution < 1.29 is 0 Å². The van der Waals surface area contributed by atoms with Crippen molar-refractivity contribution in [2.24, 2.45) is 0 Å². The Morgan fingerprint density at radius 2 is 0.895 bits per heavy atom. The molecule has 0 saturated carbocycles. The monoisotopic (exact) mass is 724 g/mol. The van der Waals surface area contributed by atoms with E-state index in [0.29, 0.717) is 0 Å². The molecule has 12 rings (SSSR count). The fraction of sp³-hybridized carbons (Fsp3) is 0.0182. The number of hydrogen-bond donors (Lipinski definition) is 0. The van der Waals surface area contributed by atoms with Gasteiger partial charge in [-0.25, -0.2) is 0 Å². The van der Waals surface area contributed by atoms with E-state index in [-0.39, 0.29) is 0 Å². The topological polar surface area (TPSA) is 8.17 Å². The van der Waals surface area contributed by atoms with Gasteiger partial charge in [0.1, 0.15) is 0 Å². The van der Waals surface area contributed by atoms with Gasteiger partial charge in [-0.15, -0.1) is 0 Å². The molecule has 1 atom stereocenters. The van der Waals surface area contributed by atoms with Crippen molar-refractivity contribution >= 4 is 38.9 Å². The molecular weight excluding hydrogens is 689 g/mol. The Balaban J connectivity index is 1.12. The van der Waals surface area contributed by atoms with E-state index >= 15 is 0 Å². The summed E-state index contributed by atoms with van der Waals surface area (Å²) in [4.78, 5) is 2.43. The lowest BCUT2D eigenvalue weighted by molar-refractivity contribution is 0.748. The van der Waals surface area contributed by atoms with E-state index in [1.807, 2.05) is 0 Å². The maximum absolute atomic E-state index is 2.51. The number of rotatable bonds is 5. The van der Waals surface area contributed by atoms with Crippen LogP contribution in [-0.4, -0.2) is 4.57 Å². The molecule has 2 aliphatic rings. The predicted octanol–water partition coefficient (Wildman–Crippen LogP) is 14.3. The normalized spacial score (nSPS) is 14.7. The standard InChI is InChI=1S/C55H36N2/c1-3-17-37(18-4-1)42-23-7-8-24-43(42)38-19-15-22-40(35-38)56(39-20-5-2-6-21-39)41-33-34-45-44-25-9-11-28-48(44)55(51(45)36-41)49-29-12-14-32-53(49)57-52-31-13-10-26-46(52)47-27-16-30-50(55)54(47)57/h1-36H. The summed E-state index contributed by atoms with van der Waals surface area (Å²) in [5, 5.41) is 2.57. The highest BCUT2D eigenvalue weighted by Crippen LogP contribution is 2.61. The van der Waals surface area contributed by atoms with Crippen LogP contribution in [0.4, 0.5) is 17.1 Å². The lowest BCUT2D eigenvalue weighted by Gasteiger charge is -2.40. The number of aromatic nitrogens is 1. The van der Waals surface area contributed by atoms with Crippen LogP contribution in [0, 0.1) is 0 Å². The van der Waals surface area contributed by atoms with Crippen molar-refractivity contribution in [1.82, 2.24) is 4.57 Å². The summed E-state index contributed by atoms with van der Waals surface area (Å²) in [6.45, 7) is 0. The Morgan fingerprint density at radius 3 is 1.74 bits per heavy atom. The minimum Gasteiger partial charge on any atom is -0.310 e. The average molecular weight is 725 g/mol. The highest BCUT2D eigenvalue weighted by molar-refractivity contribution is 6.13. The number of nitrogens with zero attached hydrogens (tertiary/aromatic N) is 2. The van der Waals surface area contributed by atoms with Crippen LogP contribution in [0.25, 0.3) is 60.9 Å². The molecule has 57 heavy (non-hydrogen) atoms. The van der Waals surface area contributed by atoms with Gasteiger partial charge < -0.3 is 9.47 Å². The van der Waals surface area contributed by atoms with Gasteiger partial charge in [0.25, 0.3) is 0 Å². The van der Waals surface area contributed by atoms with Crippen molar-refractivity contribution in [1.29, 1.82) is 0 Å². The molecule has 266 valence electrons. The molecule has 0 radical (unpaired) electrons. The third kappa shape index (κ3) is 4.47. The van der Waals surface area contributed by atoms with Crippen molar-refractivity contribution in [2.75, 3.05) is 4.90 Å². The smallest absolute Gasteiger partial charge is 0.0755 e. The van der Waals surface area contributed by atoms with Crippen molar-refractivity contribution in [2.45, 2.75) is 5.41 Å². The van der Waals surface area contributed by atoms with E-state index in [0.717, 1.165) is 17.1 Å². The molecule has 2 heteroatoms. The van der Waals surface area contributed by atoms with Crippen molar-refractivity contribution in [3.05, 3.63) is 241 Å². The SMILES string of the molecule is c1ccc(-c2ccccc2-c2cccc(N(c3ccccc3)c3ccc4c(c3)C3(c5ccccc5-4)c4ccccc4-n4c5ccccc5c5cccc3c54)c2)cc1. The van der Waals surface area contributed by atoms with Gasteiger partial charge in [0.2, 0.25) is 0 Å². The summed E-state index contributed by atoms with van der Waals surface area (Å²) in [6.07, 6.45) is 0. The molecular formula is C55H36N2. The summed E-state index contributed by atoms with van der Waals surface area (Å²) < 4.78 is 2.51. The fourth-order valence-corrected chi connectivity index (χ4v) is 10.1. The van der Waals surface area contributed by atoms with Crippen LogP contribution in [0.15, 0.2) is 218 Å². The molecule has 0 saturated heterocycles. The first-order chi connectivity index (χ1) is 28.3. The van der Waals surface area contributed by atoms with Crippen LogP contribution in [-0.2, 0) is 5.41 Å². The molecule has 2 nitrogen and oxygen atoms in total. The van der Waals surface area contributed by atoms with Gasteiger partial charge in [-0.3, -0.25) is 0 Å². The van der Waals surface area contributed by atoms with Gasteiger partial charge >= 0.3 is 0 Å². The summed E-state index contributed by atoms with van der Waals surface area (Å²) in [5.41, 5.74) is 19.3. The molecule has 1 aliphatic carbocycles. The Bertz CT molecular complexity index is 3190. The minimum absolute atomic E-state index is 0.527. The summed E-state index contributed by atoms with van der Waals surface area (Å²) >= 11 is 0. The first-order valence-corrected chi connectivity index (χ1v) is 19.8. The van der Waals surface area contributed by atoms with Gasteiger partial charge in [-0.2, -0.15) is 0 Å². The molecule has 0 N–H and O–H groups in total. The summed E-state index contributed by atoms with van der Waals surface area (Å²) in [5.74, 6) is 0. The molecule has 9 aromatic carbocycles. The number of anilines is 3. The maximum atomic E-state index is 2.51. The number of para-hydroxylation sites is 4. The third-order valence-electron chi connectivity index (χ3n) is 12.4. The van der Waals surface area contributed by atoms with E-state index in [2.05, 4.69) is 228 Å². The zero-order valence-corrected chi connectivity index (χ0v) is 31.2. The predicted molar refractivity (Wildman–Crippen MR) is 237 cm³/mol. The van der Waals surface area contributed by atoms with Gasteiger partial charge in [0, 0.05) is 27.8 Å². The number of benzene rings is 9. The summed E-state index contributed by atoms with van der Waals surface area (Å²) in [6, 6.07) is 80.5. The zero-order valence-electron chi connectivity index (χ0n) is 31.2. The molecule has 1 unspecified atom stereocenters. The molecule has 2 heterocycles. The van der Waals surface area contributed by atoms with Gasteiger partial charge in [0.05, 0.1) is 22.1 Å². The zero-order chi connectivity index (χ0) is 37.5. The fourth-order valence-electron chi connectivity index (χ4n) is 10.1. The van der Waals surface area contributed by atoms with Crippen molar-refractivity contribution in [3.63, 3.8) is 0 Å². The molecule has 0 amide bonds. The van der Waals surface area contributed by atoms with Crippen LogP contribution < -0.4 is 4.90 Å². The van der Waals surface area contributed by atoms with Gasteiger partial charge in [0.15, 0.2) is 0 Å². The van der Waals surface area contributed by atoms with E-state index in [1.165, 1.54) is 83.1 Å². The van der Waals surface area contributed by atoms with Crippen molar-refractivity contribution in [3.8, 4) is 39.1 Å². The van der Waals surface area contributed by atoms with E-state index in [1.54, 1.807) is 0 Å². The Morgan fingerprint density at radius 1 is 0.333 bits per heavy atom. The Kier molecular flexibility index (Phi) is 6.88. The van der Waals surface area contributed by atoms with Crippen LogP contribution in [0.3, 0.4) is 0 Å². The summed E-state index contributed by atoms with van der Waals surface area (Å²) in [7, 11) is 0. The Hall–Kier alpha value is -7.42. The maximum Gasteiger partial charge on any atom is 0.0755 e. The number of hydrogen-bond acceptors (Lipinski definition) is 1. The van der Waals surface area contributed by atoms with E-state index in [4.69, 9.17) is 0 Å². The average Bonchev–Trinajstić information content (AvgIpc) is 3.78. The second-order valence-corrected chi connectivity index (χ2v) is 15.2. The second-order valence-electron chi connectivity index (χ2n) is 15.2. The lowest BCUT2D eigenvalue weighted by atomic mass is 9.65. The van der Waals surface area contributed by atoms with E-state index in [9.17, 15) is 0 Å². The molecule has 10 aromatic rings. The van der Waals surface area contributed by atoms with Crippen LogP contribution in [0.1, 0.15) is 22.3 Å². The molecule has 0 bridgehead atoms. The lowest BCUT2D eigenvalue weighted by Crippen LogP contribution is -2.33. The van der Waals surface area contributed by atoms with Gasteiger partial charge in [-0.1, -0.05) is 170 Å². The second kappa shape index (κ2) is 12.3. The minimum atomic E-state index is -0.527. The largest absolute Gasteiger partial charge is 0.310 e. The molecule has 0 fully saturated rings. The molecule has 1 aromatic heterocycles. The third-order valence-corrected chi connectivity index (χ3v) is 12.4. The van der Waals surface area contributed by atoms with Crippen LogP contribution >= 0.6 is 0 Å². The van der Waals surface area contributed by atoms with Gasteiger partial charge in [-0.05, 0) is 104 Å². The Labute approximate surface area is 332 Å². The molecule has 1 aliphatic heterocycles. The number of fused-ring (bicyclic) bond motifs is 12. The van der Waals surface area contributed by atoms with E-state index < -0.39 is 5.41 Å².